The minimum atomic E-state index is 0.391. The van der Waals surface area contributed by atoms with Crippen LogP contribution < -0.4 is 0 Å². The highest BCUT2D eigenvalue weighted by Gasteiger charge is 2.12. The molecule has 0 saturated heterocycles. The average molecular weight is 351 g/mol. The third-order valence-corrected chi connectivity index (χ3v) is 5.02. The van der Waals surface area contributed by atoms with Gasteiger partial charge in [-0.3, -0.25) is 0 Å². The van der Waals surface area contributed by atoms with E-state index in [1.165, 1.54) is 62.5 Å². The standard InChI is InChI=1S/C24H46O/c1-19(2)11-9-13-21(5)15-17-23(7)25-24(8)18-16-22(6)14-10-12-20(3)4/h11-12,21-24H,9-10,13-18H2,1-8H3. The van der Waals surface area contributed by atoms with Gasteiger partial charge in [0.15, 0.2) is 0 Å². The molecule has 0 fully saturated rings. The summed E-state index contributed by atoms with van der Waals surface area (Å²) in [4.78, 5) is 0. The highest BCUT2D eigenvalue weighted by atomic mass is 16.5. The zero-order valence-electron chi connectivity index (χ0n) is 18.5. The van der Waals surface area contributed by atoms with Crippen LogP contribution in [0.15, 0.2) is 23.3 Å². The Labute approximate surface area is 159 Å². The van der Waals surface area contributed by atoms with Gasteiger partial charge in [-0.05, 0) is 105 Å². The molecule has 0 N–H and O–H groups in total. The van der Waals surface area contributed by atoms with Gasteiger partial charge in [-0.25, -0.2) is 0 Å². The molecule has 0 heterocycles. The van der Waals surface area contributed by atoms with Crippen molar-refractivity contribution in [3.8, 4) is 0 Å². The molecule has 0 amide bonds. The minimum Gasteiger partial charge on any atom is -0.376 e. The molecule has 0 radical (unpaired) electrons. The lowest BCUT2D eigenvalue weighted by Crippen LogP contribution is -2.18. The van der Waals surface area contributed by atoms with E-state index in [1.54, 1.807) is 0 Å². The molecule has 4 atom stereocenters. The van der Waals surface area contributed by atoms with Crippen molar-refractivity contribution in [2.75, 3.05) is 0 Å². The van der Waals surface area contributed by atoms with E-state index in [0.29, 0.717) is 12.2 Å². The van der Waals surface area contributed by atoms with Crippen molar-refractivity contribution in [1.82, 2.24) is 0 Å². The lowest BCUT2D eigenvalue weighted by atomic mass is 9.97. The number of hydrogen-bond donors (Lipinski definition) is 0. The van der Waals surface area contributed by atoms with Gasteiger partial charge < -0.3 is 4.74 Å². The maximum Gasteiger partial charge on any atom is 0.0550 e. The summed E-state index contributed by atoms with van der Waals surface area (Å²) in [5.41, 5.74) is 2.88. The Morgan fingerprint density at radius 3 is 1.28 bits per heavy atom. The molecule has 148 valence electrons. The Hall–Kier alpha value is -0.560. The zero-order valence-corrected chi connectivity index (χ0v) is 18.5. The highest BCUT2D eigenvalue weighted by Crippen LogP contribution is 2.20. The summed E-state index contributed by atoms with van der Waals surface area (Å²) in [6.07, 6.45) is 15.5. The van der Waals surface area contributed by atoms with E-state index >= 15 is 0 Å². The molecule has 1 nitrogen and oxygen atoms in total. The Bertz CT molecular complexity index is 336. The van der Waals surface area contributed by atoms with Crippen LogP contribution in [0.3, 0.4) is 0 Å². The van der Waals surface area contributed by atoms with E-state index in [0.717, 1.165) is 11.8 Å². The maximum atomic E-state index is 6.21. The fraction of sp³-hybridized carbons (Fsp3) is 0.833. The quantitative estimate of drug-likeness (QED) is 0.287. The second-order valence-electron chi connectivity index (χ2n) is 8.84. The van der Waals surface area contributed by atoms with Gasteiger partial charge in [-0.2, -0.15) is 0 Å². The van der Waals surface area contributed by atoms with E-state index in [-0.39, 0.29) is 0 Å². The Balaban J connectivity index is 3.81. The van der Waals surface area contributed by atoms with Crippen LogP contribution in [0.4, 0.5) is 0 Å². The first kappa shape index (κ1) is 24.4. The molecule has 0 aliphatic carbocycles. The molecule has 0 rings (SSSR count). The molecule has 25 heavy (non-hydrogen) atoms. The molecule has 0 spiro atoms. The van der Waals surface area contributed by atoms with Crippen LogP contribution in [0.25, 0.3) is 0 Å². The molecule has 0 saturated carbocycles. The molecule has 0 aliphatic heterocycles. The van der Waals surface area contributed by atoms with Crippen LogP contribution in [-0.2, 0) is 4.74 Å². The Morgan fingerprint density at radius 1 is 0.600 bits per heavy atom. The molecular formula is C24H46O. The third-order valence-electron chi connectivity index (χ3n) is 5.02. The monoisotopic (exact) mass is 350 g/mol. The summed E-state index contributed by atoms with van der Waals surface area (Å²) < 4.78 is 6.21. The summed E-state index contributed by atoms with van der Waals surface area (Å²) in [6, 6.07) is 0. The van der Waals surface area contributed by atoms with Crippen molar-refractivity contribution < 1.29 is 4.74 Å². The second-order valence-corrected chi connectivity index (χ2v) is 8.84. The lowest BCUT2D eigenvalue weighted by Gasteiger charge is -2.22. The average Bonchev–Trinajstić information content (AvgIpc) is 2.50. The summed E-state index contributed by atoms with van der Waals surface area (Å²) in [5.74, 6) is 1.60. The number of hydrogen-bond acceptors (Lipinski definition) is 1. The van der Waals surface area contributed by atoms with Crippen LogP contribution in [0.1, 0.15) is 107 Å². The van der Waals surface area contributed by atoms with Crippen molar-refractivity contribution in [2.24, 2.45) is 11.8 Å². The molecule has 0 aromatic carbocycles. The van der Waals surface area contributed by atoms with Crippen molar-refractivity contribution in [1.29, 1.82) is 0 Å². The maximum absolute atomic E-state index is 6.21. The van der Waals surface area contributed by atoms with E-state index in [2.05, 4.69) is 67.5 Å². The van der Waals surface area contributed by atoms with Gasteiger partial charge in [-0.15, -0.1) is 0 Å². The fourth-order valence-corrected chi connectivity index (χ4v) is 3.17. The van der Waals surface area contributed by atoms with Crippen molar-refractivity contribution in [3.63, 3.8) is 0 Å². The summed E-state index contributed by atoms with van der Waals surface area (Å²) in [7, 11) is 0. The van der Waals surface area contributed by atoms with Crippen LogP contribution in [0, 0.1) is 11.8 Å². The highest BCUT2D eigenvalue weighted by molar-refractivity contribution is 4.93. The molecule has 0 aromatic heterocycles. The molecule has 4 unspecified atom stereocenters. The molecule has 1 heteroatoms. The largest absolute Gasteiger partial charge is 0.376 e. The van der Waals surface area contributed by atoms with Crippen molar-refractivity contribution in [2.45, 2.75) is 119 Å². The second kappa shape index (κ2) is 14.6. The molecule has 0 aromatic rings. The van der Waals surface area contributed by atoms with E-state index in [1.807, 2.05) is 0 Å². The van der Waals surface area contributed by atoms with Crippen LogP contribution in [0.2, 0.25) is 0 Å². The van der Waals surface area contributed by atoms with Crippen LogP contribution >= 0.6 is 0 Å². The topological polar surface area (TPSA) is 9.23 Å². The minimum absolute atomic E-state index is 0.391. The van der Waals surface area contributed by atoms with Gasteiger partial charge in [0, 0.05) is 0 Å². The van der Waals surface area contributed by atoms with Gasteiger partial charge in [0.25, 0.3) is 0 Å². The number of allylic oxidation sites excluding steroid dienone is 4. The van der Waals surface area contributed by atoms with Crippen LogP contribution in [0.5, 0.6) is 0 Å². The van der Waals surface area contributed by atoms with E-state index < -0.39 is 0 Å². The van der Waals surface area contributed by atoms with Crippen LogP contribution in [-0.4, -0.2) is 12.2 Å². The molecule has 0 aliphatic rings. The Morgan fingerprint density at radius 2 is 0.960 bits per heavy atom. The number of ether oxygens (including phenoxy) is 1. The van der Waals surface area contributed by atoms with Crippen molar-refractivity contribution >= 4 is 0 Å². The first-order valence-electron chi connectivity index (χ1n) is 10.6. The van der Waals surface area contributed by atoms with Crippen molar-refractivity contribution in [3.05, 3.63) is 23.3 Å². The first-order chi connectivity index (χ1) is 11.7. The summed E-state index contributed by atoms with van der Waals surface area (Å²) in [5, 5.41) is 0. The zero-order chi connectivity index (χ0) is 19.2. The predicted octanol–water partition coefficient (Wildman–Crippen LogP) is 8.11. The van der Waals surface area contributed by atoms with E-state index in [9.17, 15) is 0 Å². The third kappa shape index (κ3) is 16.6. The van der Waals surface area contributed by atoms with Gasteiger partial charge in [0.1, 0.15) is 0 Å². The lowest BCUT2D eigenvalue weighted by molar-refractivity contribution is -0.00544. The van der Waals surface area contributed by atoms with E-state index in [4.69, 9.17) is 4.74 Å². The molecular weight excluding hydrogens is 304 g/mol. The predicted molar refractivity (Wildman–Crippen MR) is 114 cm³/mol. The van der Waals surface area contributed by atoms with Gasteiger partial charge in [0.05, 0.1) is 12.2 Å². The fourth-order valence-electron chi connectivity index (χ4n) is 3.17. The summed E-state index contributed by atoms with van der Waals surface area (Å²) in [6.45, 7) is 18.0. The SMILES string of the molecule is CC(C)=CCCC(C)CCC(C)OC(C)CCC(C)CCC=C(C)C. The molecule has 0 bridgehead atoms. The van der Waals surface area contributed by atoms with Gasteiger partial charge in [-0.1, -0.05) is 37.1 Å². The number of rotatable bonds is 14. The van der Waals surface area contributed by atoms with Gasteiger partial charge >= 0.3 is 0 Å². The normalized spacial score (nSPS) is 16.0. The Kier molecular flexibility index (Phi) is 14.3. The first-order valence-corrected chi connectivity index (χ1v) is 10.6. The smallest absolute Gasteiger partial charge is 0.0550 e. The van der Waals surface area contributed by atoms with Gasteiger partial charge in [0.2, 0.25) is 0 Å². The summed E-state index contributed by atoms with van der Waals surface area (Å²) >= 11 is 0.